The highest BCUT2D eigenvalue weighted by atomic mass is 32.2. The summed E-state index contributed by atoms with van der Waals surface area (Å²) in [6, 6.07) is 1.41. The van der Waals surface area contributed by atoms with Crippen LogP contribution < -0.4 is 4.18 Å². The predicted octanol–water partition coefficient (Wildman–Crippen LogP) is 5.24. The molecule has 0 fully saturated rings. The second-order valence-corrected chi connectivity index (χ2v) is 8.04. The molecule has 1 aromatic rings. The van der Waals surface area contributed by atoms with Crippen molar-refractivity contribution in [2.24, 2.45) is 5.41 Å². The molecule has 0 N–H and O–H groups in total. The second kappa shape index (κ2) is 10.1. The van der Waals surface area contributed by atoms with Crippen molar-refractivity contribution in [2.45, 2.75) is 59.4 Å². The predicted molar refractivity (Wildman–Crippen MR) is 97.1 cm³/mol. The van der Waals surface area contributed by atoms with Gasteiger partial charge in [0, 0.05) is 6.07 Å². The van der Waals surface area contributed by atoms with E-state index in [9.17, 15) is 30.8 Å². The molecule has 162 valence electrons. The number of halogens is 4. The molecule has 0 unspecified atom stereocenters. The van der Waals surface area contributed by atoms with Crippen LogP contribution in [-0.2, 0) is 21.3 Å². The van der Waals surface area contributed by atoms with E-state index >= 15 is 0 Å². The van der Waals surface area contributed by atoms with E-state index in [4.69, 9.17) is 0 Å². The Morgan fingerprint density at radius 2 is 1.68 bits per heavy atom. The molecule has 1 aromatic carbocycles. The van der Waals surface area contributed by atoms with E-state index in [0.717, 1.165) is 19.6 Å². The fourth-order valence-corrected chi connectivity index (χ4v) is 3.01. The van der Waals surface area contributed by atoms with E-state index < -0.39 is 44.1 Å². The zero-order valence-electron chi connectivity index (χ0n) is 16.7. The Bertz CT molecular complexity index is 771. The maximum Gasteiger partial charge on any atom is 0.534 e. The molecule has 0 radical (unpaired) electrons. The topological polar surface area (TPSA) is 69.7 Å². The van der Waals surface area contributed by atoms with Crippen LogP contribution in [-0.4, -0.2) is 27.0 Å². The van der Waals surface area contributed by atoms with Crippen molar-refractivity contribution < 1.29 is 39.7 Å². The molecule has 0 spiro atoms. The summed E-state index contributed by atoms with van der Waals surface area (Å²) in [5.74, 6) is -3.10. The first-order valence-corrected chi connectivity index (χ1v) is 10.1. The molecule has 0 amide bonds. The normalized spacial score (nSPS) is 12.1. The fraction of sp³-hybridized carbons (Fsp3) is 0.611. The summed E-state index contributed by atoms with van der Waals surface area (Å²) in [5, 5.41) is 0. The molecule has 5 nitrogen and oxygen atoms in total. The van der Waals surface area contributed by atoms with E-state index in [0.29, 0.717) is 12.5 Å². The summed E-state index contributed by atoms with van der Waals surface area (Å²) in [5.41, 5.74) is -6.69. The Morgan fingerprint density at radius 3 is 2.11 bits per heavy atom. The monoisotopic (exact) mass is 430 g/mol. The van der Waals surface area contributed by atoms with Crippen LogP contribution in [0, 0.1) is 11.2 Å². The lowest BCUT2D eigenvalue weighted by atomic mass is 9.81. The lowest BCUT2D eigenvalue weighted by molar-refractivity contribution is -0.0500. The fourth-order valence-electron chi connectivity index (χ4n) is 2.53. The third kappa shape index (κ3) is 6.96. The van der Waals surface area contributed by atoms with Gasteiger partial charge in [-0.3, -0.25) is 0 Å². The number of hydrogen-bond donors (Lipinski definition) is 0. The summed E-state index contributed by atoms with van der Waals surface area (Å²) >= 11 is 0. The van der Waals surface area contributed by atoms with E-state index in [-0.39, 0.29) is 12.0 Å². The van der Waals surface area contributed by atoms with Gasteiger partial charge in [-0.05, 0) is 29.9 Å². The van der Waals surface area contributed by atoms with Gasteiger partial charge < -0.3 is 8.92 Å². The molecule has 28 heavy (non-hydrogen) atoms. The van der Waals surface area contributed by atoms with Gasteiger partial charge in [0.05, 0.1) is 12.7 Å². The smallest absolute Gasteiger partial charge is 0.465 e. The minimum Gasteiger partial charge on any atom is -0.465 e. The summed E-state index contributed by atoms with van der Waals surface area (Å²) in [7, 11) is -4.96. The van der Waals surface area contributed by atoms with Crippen LogP contribution in [0.5, 0.6) is 5.75 Å². The molecule has 0 atom stereocenters. The van der Waals surface area contributed by atoms with Crippen molar-refractivity contribution in [3.63, 3.8) is 0 Å². The number of alkyl halides is 3. The van der Waals surface area contributed by atoms with Gasteiger partial charge in [0.1, 0.15) is 11.6 Å². The summed E-state index contributed by atoms with van der Waals surface area (Å²) < 4.78 is 83.0. The summed E-state index contributed by atoms with van der Waals surface area (Å²) in [6.45, 7) is 9.51. The zero-order valence-corrected chi connectivity index (χ0v) is 17.6. The molecule has 10 heteroatoms. The highest BCUT2D eigenvalue weighted by Gasteiger charge is 2.49. The Hall–Kier alpha value is -1.84. The van der Waals surface area contributed by atoms with Crippen LogP contribution in [0.3, 0.4) is 0 Å². The van der Waals surface area contributed by atoms with Gasteiger partial charge in [0.15, 0.2) is 0 Å². The molecule has 0 bridgehead atoms. The summed E-state index contributed by atoms with van der Waals surface area (Å²) in [4.78, 5) is 11.6. The van der Waals surface area contributed by atoms with Crippen molar-refractivity contribution >= 4 is 16.1 Å². The molecule has 0 heterocycles. The maximum atomic E-state index is 14.1. The van der Waals surface area contributed by atoms with Gasteiger partial charge in [0.25, 0.3) is 0 Å². The quantitative estimate of drug-likeness (QED) is 0.256. The van der Waals surface area contributed by atoms with E-state index in [2.05, 4.69) is 8.92 Å². The number of carbonyl (C=O) groups is 1. The molecule has 0 saturated heterocycles. The maximum absolute atomic E-state index is 14.1. The van der Waals surface area contributed by atoms with Crippen LogP contribution in [0.2, 0.25) is 0 Å². The van der Waals surface area contributed by atoms with Crippen molar-refractivity contribution in [3.8, 4) is 5.75 Å². The molecule has 0 aliphatic rings. The molecule has 1 rings (SSSR count). The lowest BCUT2D eigenvalue weighted by Gasteiger charge is -2.25. The molecule has 0 aromatic heterocycles. The Morgan fingerprint density at radius 1 is 1.14 bits per heavy atom. The number of ether oxygens (including phenoxy) is 1. The van der Waals surface area contributed by atoms with Crippen LogP contribution in [0.25, 0.3) is 0 Å². The minimum absolute atomic E-state index is 0.0434. The van der Waals surface area contributed by atoms with Gasteiger partial charge >= 0.3 is 21.6 Å². The van der Waals surface area contributed by atoms with Crippen LogP contribution in [0.4, 0.5) is 17.6 Å². The number of rotatable bonds is 7. The average molecular weight is 430 g/mol. The van der Waals surface area contributed by atoms with Gasteiger partial charge in [-0.25, -0.2) is 9.18 Å². The number of carbonyl (C=O) groups excluding carboxylic acids is 1. The van der Waals surface area contributed by atoms with Crippen molar-refractivity contribution in [3.05, 3.63) is 29.1 Å². The molecular weight excluding hydrogens is 404 g/mol. The third-order valence-electron chi connectivity index (χ3n) is 3.63. The number of methoxy groups -OCH3 is 1. The first-order valence-electron chi connectivity index (χ1n) is 8.65. The zero-order chi connectivity index (χ0) is 22.3. The van der Waals surface area contributed by atoms with Crippen molar-refractivity contribution in [1.29, 1.82) is 0 Å². The Kier molecular flexibility index (Phi) is 9.42. The van der Waals surface area contributed by atoms with E-state index in [1.165, 1.54) is 0 Å². The van der Waals surface area contributed by atoms with Crippen LogP contribution in [0.1, 0.15) is 63.4 Å². The first kappa shape index (κ1) is 26.2. The molecule has 0 aliphatic heterocycles. The average Bonchev–Trinajstić information content (AvgIpc) is 2.56. The van der Waals surface area contributed by atoms with Crippen molar-refractivity contribution in [1.82, 2.24) is 0 Å². The standard InChI is InChI=1S/C16H20F4O5S.C2H6/c1-5-6-15(2,3)9-10-7-11(14(21)24-4)12(17)8-13(10)25-26(22,23)16(18,19)20;1-2/h7-8H,5-6,9H2,1-4H3;1-2H3. The van der Waals surface area contributed by atoms with Crippen molar-refractivity contribution in [2.75, 3.05) is 7.11 Å². The SMILES string of the molecule is CC.CCCC(C)(C)Cc1cc(C(=O)OC)c(F)cc1OS(=O)(=O)C(F)(F)F. The molecule has 0 saturated carbocycles. The molecule has 0 aliphatic carbocycles. The first-order chi connectivity index (χ1) is 12.7. The summed E-state index contributed by atoms with van der Waals surface area (Å²) in [6.07, 6.45) is 1.48. The number of benzene rings is 1. The van der Waals surface area contributed by atoms with E-state index in [1.54, 1.807) is 13.8 Å². The number of hydrogen-bond acceptors (Lipinski definition) is 5. The van der Waals surface area contributed by atoms with Gasteiger partial charge in [0.2, 0.25) is 0 Å². The largest absolute Gasteiger partial charge is 0.534 e. The van der Waals surface area contributed by atoms with Gasteiger partial charge in [-0.1, -0.05) is 41.0 Å². The van der Waals surface area contributed by atoms with Crippen LogP contribution in [0.15, 0.2) is 12.1 Å². The van der Waals surface area contributed by atoms with E-state index in [1.807, 2.05) is 20.8 Å². The highest BCUT2D eigenvalue weighted by Crippen LogP contribution is 2.36. The minimum atomic E-state index is -5.98. The lowest BCUT2D eigenvalue weighted by Crippen LogP contribution is -2.29. The Labute approximate surface area is 163 Å². The number of esters is 1. The van der Waals surface area contributed by atoms with Gasteiger partial charge in [-0.2, -0.15) is 21.6 Å². The third-order valence-corrected chi connectivity index (χ3v) is 4.60. The molecular formula is C18H26F4O5S. The second-order valence-electron chi connectivity index (χ2n) is 6.51. The highest BCUT2D eigenvalue weighted by molar-refractivity contribution is 7.88. The van der Waals surface area contributed by atoms with Gasteiger partial charge in [-0.15, -0.1) is 0 Å². The Balaban J connectivity index is 0.00000352. The van der Waals surface area contributed by atoms with Crippen LogP contribution >= 0.6 is 0 Å².